The third kappa shape index (κ3) is 4.48. The van der Waals surface area contributed by atoms with Gasteiger partial charge in [-0.25, -0.2) is 0 Å². The number of carbonyl (C=O) groups excluding carboxylic acids is 1. The fourth-order valence-corrected chi connectivity index (χ4v) is 2.73. The summed E-state index contributed by atoms with van der Waals surface area (Å²) in [5.74, 6) is 0.0448. The van der Waals surface area contributed by atoms with E-state index in [0.29, 0.717) is 17.1 Å². The van der Waals surface area contributed by atoms with Gasteiger partial charge in [0.1, 0.15) is 0 Å². The number of nitrogens with one attached hydrogen (secondary N) is 1. The number of nitrogens with two attached hydrogens (primary N) is 1. The monoisotopic (exact) mass is 366 g/mol. The Morgan fingerprint density at radius 3 is 2.57 bits per heavy atom. The SMILES string of the molecule is CC(CC(=O)Nc1ccc(Br)cc1Cl)c1ccc(N)cc1. The van der Waals surface area contributed by atoms with Gasteiger partial charge < -0.3 is 11.1 Å². The highest BCUT2D eigenvalue weighted by Gasteiger charge is 2.12. The molecule has 0 radical (unpaired) electrons. The first-order chi connectivity index (χ1) is 9.95. The van der Waals surface area contributed by atoms with E-state index in [9.17, 15) is 4.79 Å². The first kappa shape index (κ1) is 15.9. The predicted molar refractivity (Wildman–Crippen MR) is 91.7 cm³/mol. The van der Waals surface area contributed by atoms with Gasteiger partial charge in [0.2, 0.25) is 5.91 Å². The standard InChI is InChI=1S/C16H16BrClN2O/c1-10(11-2-5-13(19)6-3-11)8-16(21)20-15-7-4-12(17)9-14(15)18/h2-7,9-10H,8,19H2,1H3,(H,20,21). The van der Waals surface area contributed by atoms with Crippen LogP contribution in [-0.2, 0) is 4.79 Å². The van der Waals surface area contributed by atoms with E-state index in [1.165, 1.54) is 0 Å². The van der Waals surface area contributed by atoms with Gasteiger partial charge >= 0.3 is 0 Å². The Hall–Kier alpha value is -1.52. The van der Waals surface area contributed by atoms with Crippen LogP contribution in [-0.4, -0.2) is 5.91 Å². The second-order valence-corrected chi connectivity index (χ2v) is 6.27. The van der Waals surface area contributed by atoms with Crippen LogP contribution in [0.5, 0.6) is 0 Å². The highest BCUT2D eigenvalue weighted by atomic mass is 79.9. The van der Waals surface area contributed by atoms with Gasteiger partial charge in [0.15, 0.2) is 0 Å². The van der Waals surface area contributed by atoms with Crippen molar-refractivity contribution in [2.45, 2.75) is 19.3 Å². The number of rotatable bonds is 4. The number of amides is 1. The first-order valence-corrected chi connectivity index (χ1v) is 7.73. The molecule has 0 aromatic heterocycles. The molecule has 1 unspecified atom stereocenters. The molecular formula is C16H16BrClN2O. The zero-order valence-electron chi connectivity index (χ0n) is 11.6. The van der Waals surface area contributed by atoms with Crippen LogP contribution in [0, 0.1) is 0 Å². The first-order valence-electron chi connectivity index (χ1n) is 6.56. The summed E-state index contributed by atoms with van der Waals surface area (Å²) < 4.78 is 0.876. The lowest BCUT2D eigenvalue weighted by Crippen LogP contribution is -2.14. The maximum Gasteiger partial charge on any atom is 0.225 e. The molecule has 2 rings (SSSR count). The second-order valence-electron chi connectivity index (χ2n) is 4.94. The highest BCUT2D eigenvalue weighted by Crippen LogP contribution is 2.27. The topological polar surface area (TPSA) is 55.1 Å². The molecule has 1 atom stereocenters. The molecule has 3 nitrogen and oxygen atoms in total. The number of nitrogen functional groups attached to an aromatic ring is 1. The summed E-state index contributed by atoms with van der Waals surface area (Å²) in [7, 11) is 0. The molecule has 0 aliphatic carbocycles. The predicted octanol–water partition coefficient (Wildman–Crippen LogP) is 4.82. The van der Waals surface area contributed by atoms with Gasteiger partial charge in [-0.05, 0) is 41.8 Å². The van der Waals surface area contributed by atoms with Crippen molar-refractivity contribution in [2.75, 3.05) is 11.1 Å². The molecule has 110 valence electrons. The van der Waals surface area contributed by atoms with Gasteiger partial charge in [-0.1, -0.05) is 46.6 Å². The van der Waals surface area contributed by atoms with Crippen LogP contribution in [0.3, 0.4) is 0 Å². The molecule has 1 amide bonds. The minimum absolute atomic E-state index is 0.0662. The van der Waals surface area contributed by atoms with E-state index in [-0.39, 0.29) is 11.8 Å². The summed E-state index contributed by atoms with van der Waals surface area (Å²) >= 11 is 9.42. The Labute approximate surface area is 137 Å². The lowest BCUT2D eigenvalue weighted by atomic mass is 9.97. The maximum atomic E-state index is 12.1. The lowest BCUT2D eigenvalue weighted by molar-refractivity contribution is -0.116. The molecule has 21 heavy (non-hydrogen) atoms. The van der Waals surface area contributed by atoms with Crippen molar-refractivity contribution in [3.05, 3.63) is 57.5 Å². The fraction of sp³-hybridized carbons (Fsp3) is 0.188. The van der Waals surface area contributed by atoms with E-state index in [2.05, 4.69) is 21.2 Å². The summed E-state index contributed by atoms with van der Waals surface area (Å²) in [6, 6.07) is 12.9. The van der Waals surface area contributed by atoms with Crippen molar-refractivity contribution in [2.24, 2.45) is 0 Å². The molecule has 5 heteroatoms. The van der Waals surface area contributed by atoms with E-state index in [1.807, 2.05) is 37.3 Å². The van der Waals surface area contributed by atoms with E-state index in [1.54, 1.807) is 12.1 Å². The summed E-state index contributed by atoms with van der Waals surface area (Å²) in [6.07, 6.45) is 0.385. The molecule has 0 bridgehead atoms. The van der Waals surface area contributed by atoms with E-state index < -0.39 is 0 Å². The summed E-state index contributed by atoms with van der Waals surface area (Å²) in [5.41, 5.74) is 8.09. The Bertz CT molecular complexity index is 643. The Balaban J connectivity index is 1.99. The number of benzene rings is 2. The number of hydrogen-bond acceptors (Lipinski definition) is 2. The number of anilines is 2. The molecule has 2 aromatic carbocycles. The van der Waals surface area contributed by atoms with Crippen molar-refractivity contribution >= 4 is 44.8 Å². The molecule has 0 saturated heterocycles. The zero-order chi connectivity index (χ0) is 15.4. The summed E-state index contributed by atoms with van der Waals surface area (Å²) in [5, 5.41) is 3.34. The van der Waals surface area contributed by atoms with Gasteiger partial charge in [0.25, 0.3) is 0 Å². The summed E-state index contributed by atoms with van der Waals surface area (Å²) in [4.78, 5) is 12.1. The Kier molecular flexibility index (Phi) is 5.26. The minimum Gasteiger partial charge on any atom is -0.399 e. The lowest BCUT2D eigenvalue weighted by Gasteiger charge is -2.13. The molecule has 0 aliphatic heterocycles. The smallest absolute Gasteiger partial charge is 0.225 e. The highest BCUT2D eigenvalue weighted by molar-refractivity contribution is 9.10. The van der Waals surface area contributed by atoms with Gasteiger partial charge in [0.05, 0.1) is 10.7 Å². The van der Waals surface area contributed by atoms with Crippen LogP contribution < -0.4 is 11.1 Å². The molecular weight excluding hydrogens is 352 g/mol. The zero-order valence-corrected chi connectivity index (χ0v) is 13.9. The van der Waals surface area contributed by atoms with Crippen molar-refractivity contribution in [3.8, 4) is 0 Å². The van der Waals surface area contributed by atoms with Crippen LogP contribution in [0.4, 0.5) is 11.4 Å². The van der Waals surface area contributed by atoms with Crippen molar-refractivity contribution in [1.82, 2.24) is 0 Å². The van der Waals surface area contributed by atoms with Crippen molar-refractivity contribution < 1.29 is 4.79 Å². The molecule has 0 spiro atoms. The third-order valence-electron chi connectivity index (χ3n) is 3.20. The number of hydrogen-bond donors (Lipinski definition) is 2. The Morgan fingerprint density at radius 2 is 1.95 bits per heavy atom. The molecule has 0 aliphatic rings. The van der Waals surface area contributed by atoms with Crippen LogP contribution in [0.1, 0.15) is 24.8 Å². The third-order valence-corrected chi connectivity index (χ3v) is 4.01. The average molecular weight is 368 g/mol. The second kappa shape index (κ2) is 6.96. The molecule has 0 fully saturated rings. The van der Waals surface area contributed by atoms with Crippen molar-refractivity contribution in [1.29, 1.82) is 0 Å². The normalized spacial score (nSPS) is 12.0. The van der Waals surface area contributed by atoms with Gasteiger partial charge in [-0.2, -0.15) is 0 Å². The van der Waals surface area contributed by atoms with Crippen LogP contribution in [0.25, 0.3) is 0 Å². The maximum absolute atomic E-state index is 12.1. The van der Waals surface area contributed by atoms with Crippen molar-refractivity contribution in [3.63, 3.8) is 0 Å². The van der Waals surface area contributed by atoms with E-state index in [4.69, 9.17) is 17.3 Å². The molecule has 3 N–H and O–H groups in total. The quantitative estimate of drug-likeness (QED) is 0.761. The minimum atomic E-state index is -0.0662. The largest absolute Gasteiger partial charge is 0.399 e. The van der Waals surface area contributed by atoms with Crippen LogP contribution in [0.15, 0.2) is 46.9 Å². The van der Waals surface area contributed by atoms with Gasteiger partial charge in [0, 0.05) is 16.6 Å². The molecule has 0 saturated carbocycles. The molecule has 0 heterocycles. The molecule has 2 aromatic rings. The Morgan fingerprint density at radius 1 is 1.29 bits per heavy atom. The van der Waals surface area contributed by atoms with Crippen LogP contribution >= 0.6 is 27.5 Å². The van der Waals surface area contributed by atoms with Gasteiger partial charge in [-0.3, -0.25) is 4.79 Å². The summed E-state index contributed by atoms with van der Waals surface area (Å²) in [6.45, 7) is 2.01. The van der Waals surface area contributed by atoms with E-state index >= 15 is 0 Å². The number of carbonyl (C=O) groups is 1. The van der Waals surface area contributed by atoms with Crippen LogP contribution in [0.2, 0.25) is 5.02 Å². The number of halogens is 2. The van der Waals surface area contributed by atoms with Gasteiger partial charge in [-0.15, -0.1) is 0 Å². The average Bonchev–Trinajstić information content (AvgIpc) is 2.42. The fourth-order valence-electron chi connectivity index (χ4n) is 2.01. The van der Waals surface area contributed by atoms with E-state index in [0.717, 1.165) is 15.7 Å².